The average Bonchev–Trinajstić information content (AvgIpc) is 3.03. The van der Waals surface area contributed by atoms with E-state index in [4.69, 9.17) is 4.74 Å². The van der Waals surface area contributed by atoms with Gasteiger partial charge in [0.1, 0.15) is 5.75 Å². The molecule has 3 aromatic rings. The maximum absolute atomic E-state index is 12.2. The molecule has 0 bridgehead atoms. The quantitative estimate of drug-likeness (QED) is 0.755. The van der Waals surface area contributed by atoms with E-state index in [0.29, 0.717) is 16.3 Å². The minimum atomic E-state index is -0.802. The second kappa shape index (κ2) is 6.76. The van der Waals surface area contributed by atoms with E-state index in [0.717, 1.165) is 10.2 Å². The summed E-state index contributed by atoms with van der Waals surface area (Å²) in [5.74, 6) is 0.382. The number of hydrogen-bond donors (Lipinski definition) is 2. The first kappa shape index (κ1) is 15.5. The van der Waals surface area contributed by atoms with Crippen LogP contribution in [0, 0.1) is 0 Å². The molecule has 1 heterocycles. The van der Waals surface area contributed by atoms with Gasteiger partial charge in [0.2, 0.25) is 0 Å². The highest BCUT2D eigenvalue weighted by Crippen LogP contribution is 2.22. The fourth-order valence-electron chi connectivity index (χ4n) is 2.20. The van der Waals surface area contributed by atoms with Gasteiger partial charge < -0.3 is 15.2 Å². The molecule has 0 saturated carbocycles. The number of fused-ring (bicyclic) bond motifs is 1. The minimum Gasteiger partial charge on any atom is -0.497 e. The molecule has 0 aliphatic carbocycles. The Bertz CT molecular complexity index is 798. The van der Waals surface area contributed by atoms with Crippen LogP contribution in [0.25, 0.3) is 10.2 Å². The van der Waals surface area contributed by atoms with Crippen molar-refractivity contribution < 1.29 is 14.6 Å². The van der Waals surface area contributed by atoms with Crippen LogP contribution in [0.4, 0.5) is 0 Å². The second-order valence-electron chi connectivity index (χ2n) is 4.99. The number of para-hydroxylation sites is 1. The molecule has 2 N–H and O–H groups in total. The summed E-state index contributed by atoms with van der Waals surface area (Å²) in [4.78, 5) is 16.5. The largest absolute Gasteiger partial charge is 0.497 e. The number of hydrogen-bond acceptors (Lipinski definition) is 5. The number of aliphatic hydroxyl groups excluding tert-OH is 1. The number of nitrogens with one attached hydrogen (secondary N) is 1. The number of thiazole rings is 1. The van der Waals surface area contributed by atoms with Crippen LogP contribution < -0.4 is 10.1 Å². The Balaban J connectivity index is 1.65. The van der Waals surface area contributed by atoms with Crippen molar-refractivity contribution in [1.82, 2.24) is 10.3 Å². The molecule has 0 radical (unpaired) electrons. The highest BCUT2D eigenvalue weighted by molar-refractivity contribution is 7.20. The molecule has 1 unspecified atom stereocenters. The van der Waals surface area contributed by atoms with Gasteiger partial charge in [-0.2, -0.15) is 0 Å². The maximum atomic E-state index is 12.2. The number of nitrogens with zero attached hydrogens (tertiary/aromatic N) is 1. The van der Waals surface area contributed by atoms with Gasteiger partial charge >= 0.3 is 0 Å². The second-order valence-corrected chi connectivity index (χ2v) is 6.02. The highest BCUT2D eigenvalue weighted by Gasteiger charge is 2.14. The van der Waals surface area contributed by atoms with Gasteiger partial charge in [-0.25, -0.2) is 4.98 Å². The van der Waals surface area contributed by atoms with Gasteiger partial charge in [0.15, 0.2) is 5.01 Å². The number of carbonyl (C=O) groups excluding carboxylic acids is 1. The average molecular weight is 328 g/mol. The Morgan fingerprint density at radius 1 is 1.30 bits per heavy atom. The van der Waals surface area contributed by atoms with Crippen molar-refractivity contribution in [2.45, 2.75) is 6.10 Å². The van der Waals surface area contributed by atoms with Crippen molar-refractivity contribution in [3.8, 4) is 5.75 Å². The van der Waals surface area contributed by atoms with Crippen molar-refractivity contribution >= 4 is 27.5 Å². The number of aromatic nitrogens is 1. The first-order valence-electron chi connectivity index (χ1n) is 7.13. The molecule has 1 amide bonds. The van der Waals surface area contributed by atoms with Crippen molar-refractivity contribution in [3.05, 3.63) is 59.1 Å². The Morgan fingerprint density at radius 2 is 2.13 bits per heavy atom. The topological polar surface area (TPSA) is 71.5 Å². The Labute approximate surface area is 137 Å². The van der Waals surface area contributed by atoms with E-state index in [-0.39, 0.29) is 12.5 Å². The molecule has 1 aromatic heterocycles. The molecule has 0 aliphatic rings. The van der Waals surface area contributed by atoms with Crippen LogP contribution >= 0.6 is 11.3 Å². The van der Waals surface area contributed by atoms with Crippen molar-refractivity contribution in [2.24, 2.45) is 0 Å². The molecule has 2 aromatic carbocycles. The van der Waals surface area contributed by atoms with Crippen molar-refractivity contribution in [1.29, 1.82) is 0 Å². The third-order valence-corrected chi connectivity index (χ3v) is 4.46. The zero-order valence-electron chi connectivity index (χ0n) is 12.5. The molecule has 23 heavy (non-hydrogen) atoms. The number of ether oxygens (including phenoxy) is 1. The Morgan fingerprint density at radius 3 is 2.91 bits per heavy atom. The van der Waals surface area contributed by atoms with E-state index in [9.17, 15) is 9.90 Å². The van der Waals surface area contributed by atoms with Crippen LogP contribution in [0.5, 0.6) is 5.75 Å². The molecule has 0 spiro atoms. The SMILES string of the molecule is COc1cccc(C(O)CNC(=O)c2nc3ccccc3s2)c1. The number of amides is 1. The van der Waals surface area contributed by atoms with E-state index in [1.807, 2.05) is 24.3 Å². The molecule has 3 rings (SSSR count). The Kier molecular flexibility index (Phi) is 4.55. The van der Waals surface area contributed by atoms with Crippen LogP contribution in [0.1, 0.15) is 21.5 Å². The highest BCUT2D eigenvalue weighted by atomic mass is 32.1. The van der Waals surface area contributed by atoms with Crippen LogP contribution in [0.15, 0.2) is 48.5 Å². The lowest BCUT2D eigenvalue weighted by atomic mass is 10.1. The maximum Gasteiger partial charge on any atom is 0.280 e. The van der Waals surface area contributed by atoms with Gasteiger partial charge in [-0.3, -0.25) is 4.79 Å². The van der Waals surface area contributed by atoms with Gasteiger partial charge in [0, 0.05) is 6.54 Å². The molecule has 6 heteroatoms. The summed E-state index contributed by atoms with van der Waals surface area (Å²) in [5, 5.41) is 13.3. The fraction of sp³-hybridized carbons (Fsp3) is 0.176. The molecule has 118 valence electrons. The molecule has 5 nitrogen and oxygen atoms in total. The van der Waals surface area contributed by atoms with Gasteiger partial charge in [0.05, 0.1) is 23.4 Å². The van der Waals surface area contributed by atoms with Crippen LogP contribution in [0.2, 0.25) is 0 Å². The van der Waals surface area contributed by atoms with Crippen LogP contribution in [-0.4, -0.2) is 29.7 Å². The lowest BCUT2D eigenvalue weighted by Gasteiger charge is -2.12. The van der Waals surface area contributed by atoms with Gasteiger partial charge in [-0.15, -0.1) is 11.3 Å². The lowest BCUT2D eigenvalue weighted by molar-refractivity contribution is 0.0916. The number of methoxy groups -OCH3 is 1. The predicted molar refractivity (Wildman–Crippen MR) is 89.9 cm³/mol. The number of aliphatic hydroxyl groups is 1. The van der Waals surface area contributed by atoms with Gasteiger partial charge in [-0.05, 0) is 29.8 Å². The van der Waals surface area contributed by atoms with E-state index in [1.54, 1.807) is 31.4 Å². The minimum absolute atomic E-state index is 0.113. The predicted octanol–water partition coefficient (Wildman–Crippen LogP) is 2.77. The molecule has 0 fully saturated rings. The zero-order valence-corrected chi connectivity index (χ0v) is 13.3. The van der Waals surface area contributed by atoms with Crippen molar-refractivity contribution in [2.75, 3.05) is 13.7 Å². The van der Waals surface area contributed by atoms with Crippen LogP contribution in [0.3, 0.4) is 0 Å². The first-order chi connectivity index (χ1) is 11.2. The summed E-state index contributed by atoms with van der Waals surface area (Å²) in [6.07, 6.45) is -0.802. The summed E-state index contributed by atoms with van der Waals surface area (Å²) in [5.41, 5.74) is 1.49. The lowest BCUT2D eigenvalue weighted by Crippen LogP contribution is -2.28. The summed E-state index contributed by atoms with van der Waals surface area (Å²) >= 11 is 1.33. The summed E-state index contributed by atoms with van der Waals surface area (Å²) < 4.78 is 6.09. The summed E-state index contributed by atoms with van der Waals surface area (Å²) in [6, 6.07) is 14.7. The molecule has 1 atom stereocenters. The number of carbonyl (C=O) groups is 1. The number of rotatable bonds is 5. The number of benzene rings is 2. The normalized spacial score (nSPS) is 12.1. The fourth-order valence-corrected chi connectivity index (χ4v) is 3.08. The molecule has 0 saturated heterocycles. The van der Waals surface area contributed by atoms with E-state index in [2.05, 4.69) is 10.3 Å². The monoisotopic (exact) mass is 328 g/mol. The molecular weight excluding hydrogens is 312 g/mol. The third kappa shape index (κ3) is 3.49. The smallest absolute Gasteiger partial charge is 0.280 e. The van der Waals surface area contributed by atoms with E-state index < -0.39 is 6.10 Å². The summed E-state index contributed by atoms with van der Waals surface area (Å²) in [6.45, 7) is 0.113. The molecule has 0 aliphatic heterocycles. The standard InChI is InChI=1S/C17H16N2O3S/c1-22-12-6-4-5-11(9-12)14(20)10-18-16(21)17-19-13-7-2-3-8-15(13)23-17/h2-9,14,20H,10H2,1H3,(H,18,21). The van der Waals surface area contributed by atoms with Crippen LogP contribution in [-0.2, 0) is 0 Å². The van der Waals surface area contributed by atoms with E-state index >= 15 is 0 Å². The Hall–Kier alpha value is -2.44. The molecular formula is C17H16N2O3S. The first-order valence-corrected chi connectivity index (χ1v) is 7.95. The zero-order chi connectivity index (χ0) is 16.2. The summed E-state index contributed by atoms with van der Waals surface area (Å²) in [7, 11) is 1.57. The third-order valence-electron chi connectivity index (χ3n) is 3.42. The van der Waals surface area contributed by atoms with E-state index in [1.165, 1.54) is 11.3 Å². The van der Waals surface area contributed by atoms with Gasteiger partial charge in [-0.1, -0.05) is 24.3 Å². The van der Waals surface area contributed by atoms with Gasteiger partial charge in [0.25, 0.3) is 5.91 Å². The van der Waals surface area contributed by atoms with Crippen molar-refractivity contribution in [3.63, 3.8) is 0 Å².